The molecule has 3 rings (SSSR count). The minimum Gasteiger partial charge on any atom is -0.497 e. The van der Waals surface area contributed by atoms with Crippen LogP contribution in [-0.4, -0.2) is 26.4 Å². The van der Waals surface area contributed by atoms with Crippen LogP contribution < -0.4 is 4.74 Å². The Labute approximate surface area is 156 Å². The first-order valence-electron chi connectivity index (χ1n) is 8.70. The maximum Gasteiger partial charge on any atom is 0.243 e. The molecule has 0 aromatic heterocycles. The molecule has 1 aliphatic heterocycles. The van der Waals surface area contributed by atoms with Crippen LogP contribution in [0.1, 0.15) is 37.4 Å². The summed E-state index contributed by atoms with van der Waals surface area (Å²) in [6.45, 7) is 6.46. The number of hydrogen-bond donors (Lipinski definition) is 0. The van der Waals surface area contributed by atoms with Crippen LogP contribution in [-0.2, 0) is 10.0 Å². The fourth-order valence-corrected chi connectivity index (χ4v) is 4.90. The summed E-state index contributed by atoms with van der Waals surface area (Å²) in [7, 11) is -1.96. The van der Waals surface area contributed by atoms with E-state index >= 15 is 0 Å². The van der Waals surface area contributed by atoms with Crippen LogP contribution >= 0.6 is 0 Å². The third-order valence-corrected chi connectivity index (χ3v) is 6.97. The predicted octanol–water partition coefficient (Wildman–Crippen LogP) is 4.48. The zero-order valence-corrected chi connectivity index (χ0v) is 16.5. The van der Waals surface area contributed by atoms with Gasteiger partial charge in [-0.2, -0.15) is 4.31 Å². The Bertz CT molecular complexity index is 913. The molecule has 1 heterocycles. The van der Waals surface area contributed by atoms with E-state index in [1.54, 1.807) is 23.5 Å². The second-order valence-corrected chi connectivity index (χ2v) is 8.81. The van der Waals surface area contributed by atoms with E-state index in [0.717, 1.165) is 22.4 Å². The molecule has 0 bridgehead atoms. The van der Waals surface area contributed by atoms with Crippen LogP contribution in [0.5, 0.6) is 5.75 Å². The van der Waals surface area contributed by atoms with Crippen molar-refractivity contribution < 1.29 is 13.2 Å². The minimum absolute atomic E-state index is 0.212. The van der Waals surface area contributed by atoms with Crippen LogP contribution in [0.25, 0.3) is 0 Å². The fourth-order valence-electron chi connectivity index (χ4n) is 3.25. The Morgan fingerprint density at radius 3 is 2.12 bits per heavy atom. The van der Waals surface area contributed by atoms with Gasteiger partial charge in [-0.1, -0.05) is 41.0 Å². The Balaban J connectivity index is 2.04. The first-order chi connectivity index (χ1) is 12.3. The monoisotopic (exact) mass is 371 g/mol. The predicted molar refractivity (Wildman–Crippen MR) is 104 cm³/mol. The summed E-state index contributed by atoms with van der Waals surface area (Å²) in [6.07, 6.45) is 0.698. The Hall–Kier alpha value is -2.11. The first-order valence-corrected chi connectivity index (χ1v) is 10.1. The summed E-state index contributed by atoms with van der Waals surface area (Å²) < 4.78 is 33.5. The van der Waals surface area contributed by atoms with Crippen LogP contribution in [0.2, 0.25) is 0 Å². The molecule has 2 aromatic carbocycles. The van der Waals surface area contributed by atoms with Crippen LogP contribution in [0.3, 0.4) is 0 Å². The molecule has 26 heavy (non-hydrogen) atoms. The van der Waals surface area contributed by atoms with Gasteiger partial charge in [0.15, 0.2) is 0 Å². The van der Waals surface area contributed by atoms with E-state index in [-0.39, 0.29) is 6.04 Å². The van der Waals surface area contributed by atoms with Gasteiger partial charge < -0.3 is 4.74 Å². The summed E-state index contributed by atoms with van der Waals surface area (Å²) in [5, 5.41) is 0. The molecule has 1 atom stereocenters. The minimum atomic E-state index is -3.58. The Morgan fingerprint density at radius 2 is 1.54 bits per heavy atom. The summed E-state index contributed by atoms with van der Waals surface area (Å²) in [5.74, 6) is 0.765. The van der Waals surface area contributed by atoms with E-state index in [9.17, 15) is 8.42 Å². The van der Waals surface area contributed by atoms with Crippen molar-refractivity contribution in [1.82, 2.24) is 4.31 Å². The molecule has 1 unspecified atom stereocenters. The second-order valence-electron chi connectivity index (χ2n) is 6.92. The largest absolute Gasteiger partial charge is 0.497 e. The quantitative estimate of drug-likeness (QED) is 0.745. The molecule has 2 aromatic rings. The van der Waals surface area contributed by atoms with Crippen molar-refractivity contribution in [2.75, 3.05) is 13.7 Å². The molecule has 0 aliphatic carbocycles. The van der Waals surface area contributed by atoms with E-state index in [2.05, 4.69) is 6.92 Å². The molecule has 0 radical (unpaired) electrons. The van der Waals surface area contributed by atoms with Crippen molar-refractivity contribution in [3.05, 3.63) is 70.8 Å². The number of hydrogen-bond acceptors (Lipinski definition) is 3. The maximum atomic E-state index is 13.3. The van der Waals surface area contributed by atoms with Crippen molar-refractivity contribution in [2.45, 2.75) is 38.1 Å². The average molecular weight is 372 g/mol. The fraction of sp³-hybridized carbons (Fsp3) is 0.333. The van der Waals surface area contributed by atoms with Gasteiger partial charge in [-0.25, -0.2) is 8.42 Å². The molecule has 0 N–H and O–H groups in total. The zero-order chi connectivity index (χ0) is 18.9. The Kier molecular flexibility index (Phi) is 5.21. The van der Waals surface area contributed by atoms with Gasteiger partial charge >= 0.3 is 0 Å². The number of methoxy groups -OCH3 is 1. The number of sulfonamides is 1. The molecule has 4 nitrogen and oxygen atoms in total. The first kappa shape index (κ1) is 18.7. The average Bonchev–Trinajstić information content (AvgIpc) is 2.64. The highest BCUT2D eigenvalue weighted by Gasteiger charge is 2.35. The van der Waals surface area contributed by atoms with E-state index in [0.29, 0.717) is 17.9 Å². The van der Waals surface area contributed by atoms with E-state index < -0.39 is 10.0 Å². The van der Waals surface area contributed by atoms with Crippen LogP contribution in [0.4, 0.5) is 0 Å². The highest BCUT2D eigenvalue weighted by molar-refractivity contribution is 7.89. The smallest absolute Gasteiger partial charge is 0.243 e. The maximum absolute atomic E-state index is 13.3. The lowest BCUT2D eigenvalue weighted by molar-refractivity contribution is 0.322. The number of aryl methyl sites for hydroxylation is 1. The van der Waals surface area contributed by atoms with Gasteiger partial charge in [-0.15, -0.1) is 0 Å². The van der Waals surface area contributed by atoms with E-state index in [1.807, 2.05) is 50.2 Å². The standard InChI is InChI=1S/C21H25NO3S/c1-15-5-11-20(12-6-15)26(23,24)22-14-17(3)16(2)13-21(22)18-7-9-19(25-4)10-8-18/h5-12,21H,13-14H2,1-4H3. The summed E-state index contributed by atoms with van der Waals surface area (Å²) in [6, 6.07) is 14.5. The van der Waals surface area contributed by atoms with Gasteiger partial charge in [0.2, 0.25) is 10.0 Å². The lowest BCUT2D eigenvalue weighted by atomic mass is 9.93. The molecular formula is C21H25NO3S. The third-order valence-electron chi connectivity index (χ3n) is 5.10. The SMILES string of the molecule is COc1ccc(C2CC(C)=C(C)CN2S(=O)(=O)c2ccc(C)cc2)cc1. The molecule has 0 fully saturated rings. The van der Waals surface area contributed by atoms with Crippen molar-refractivity contribution in [3.63, 3.8) is 0 Å². The molecule has 138 valence electrons. The van der Waals surface area contributed by atoms with Gasteiger partial charge in [0, 0.05) is 6.54 Å². The van der Waals surface area contributed by atoms with Crippen LogP contribution in [0, 0.1) is 6.92 Å². The van der Waals surface area contributed by atoms with Gasteiger partial charge in [0.05, 0.1) is 18.0 Å². The van der Waals surface area contributed by atoms with Gasteiger partial charge in [0.1, 0.15) is 5.75 Å². The van der Waals surface area contributed by atoms with E-state index in [4.69, 9.17) is 4.74 Å². The lowest BCUT2D eigenvalue weighted by Gasteiger charge is -2.36. The third kappa shape index (κ3) is 3.55. The van der Waals surface area contributed by atoms with Crippen molar-refractivity contribution in [2.24, 2.45) is 0 Å². The van der Waals surface area contributed by atoms with Crippen molar-refractivity contribution in [1.29, 1.82) is 0 Å². The molecule has 0 saturated heterocycles. The number of benzene rings is 2. The molecule has 0 spiro atoms. The van der Waals surface area contributed by atoms with Crippen molar-refractivity contribution in [3.8, 4) is 5.75 Å². The number of rotatable bonds is 4. The zero-order valence-electron chi connectivity index (χ0n) is 15.7. The normalized spacial score (nSPS) is 18.8. The highest BCUT2D eigenvalue weighted by atomic mass is 32.2. The Morgan fingerprint density at radius 1 is 0.923 bits per heavy atom. The van der Waals surface area contributed by atoms with E-state index in [1.165, 1.54) is 5.57 Å². The van der Waals surface area contributed by atoms with Gasteiger partial charge in [0.25, 0.3) is 0 Å². The molecule has 1 aliphatic rings. The molecule has 0 amide bonds. The second kappa shape index (κ2) is 7.25. The molecular weight excluding hydrogens is 346 g/mol. The number of nitrogens with zero attached hydrogens (tertiary/aromatic N) is 1. The van der Waals surface area contributed by atoms with Gasteiger partial charge in [-0.3, -0.25) is 0 Å². The topological polar surface area (TPSA) is 46.6 Å². The number of ether oxygens (including phenoxy) is 1. The summed E-state index contributed by atoms with van der Waals surface area (Å²) in [4.78, 5) is 0.342. The molecule has 5 heteroatoms. The molecule has 0 saturated carbocycles. The highest BCUT2D eigenvalue weighted by Crippen LogP contribution is 2.38. The lowest BCUT2D eigenvalue weighted by Crippen LogP contribution is -2.39. The van der Waals surface area contributed by atoms with Crippen LogP contribution in [0.15, 0.2) is 64.6 Å². The van der Waals surface area contributed by atoms with Crippen molar-refractivity contribution >= 4 is 10.0 Å². The summed E-state index contributed by atoms with van der Waals surface area (Å²) in [5.41, 5.74) is 4.39. The van der Waals surface area contributed by atoms with Gasteiger partial charge in [-0.05, 0) is 57.0 Å². The summed E-state index contributed by atoms with van der Waals surface area (Å²) >= 11 is 0.